The van der Waals surface area contributed by atoms with Crippen LogP contribution in [-0.4, -0.2) is 32.7 Å². The van der Waals surface area contributed by atoms with E-state index in [1.807, 2.05) is 6.26 Å². The van der Waals surface area contributed by atoms with Gasteiger partial charge in [0.15, 0.2) is 0 Å². The van der Waals surface area contributed by atoms with Gasteiger partial charge >= 0.3 is 5.97 Å². The summed E-state index contributed by atoms with van der Waals surface area (Å²) in [5.74, 6) is -0.934. The second-order valence-electron chi connectivity index (χ2n) is 3.80. The molecule has 112 valence electrons. The van der Waals surface area contributed by atoms with Crippen LogP contribution in [-0.2, 0) is 14.8 Å². The Morgan fingerprint density at radius 1 is 1.33 bits per heavy atom. The van der Waals surface area contributed by atoms with Crippen molar-refractivity contribution in [2.75, 3.05) is 18.1 Å². The number of aromatic nitrogens is 1. The van der Waals surface area contributed by atoms with Gasteiger partial charge in [0.1, 0.15) is 0 Å². The first-order valence-corrected chi connectivity index (χ1v) is 8.38. The van der Waals surface area contributed by atoms with Crippen molar-refractivity contribution in [2.24, 2.45) is 0 Å². The molecule has 0 aliphatic rings. The number of sulfonamides is 1. The number of hydrogen-bond donors (Lipinski definition) is 1. The van der Waals surface area contributed by atoms with Crippen LogP contribution in [0.25, 0.3) is 0 Å². The van der Waals surface area contributed by atoms with Gasteiger partial charge in [0, 0.05) is 0 Å². The third kappa shape index (κ3) is 3.56. The SMILES string of the molecule is COC(=O)c1ccc(S(=O)(=O)Nc2ccc(SC)nc2)o1. The quantitative estimate of drug-likeness (QED) is 0.662. The minimum absolute atomic E-state index is 0.186. The van der Waals surface area contributed by atoms with Crippen molar-refractivity contribution in [3.05, 3.63) is 36.2 Å². The molecule has 0 aliphatic carbocycles. The fourth-order valence-corrected chi connectivity index (χ4v) is 2.78. The summed E-state index contributed by atoms with van der Waals surface area (Å²) < 4.78 is 35.9. The van der Waals surface area contributed by atoms with Gasteiger partial charge in [0.05, 0.1) is 24.0 Å². The van der Waals surface area contributed by atoms with E-state index >= 15 is 0 Å². The van der Waals surface area contributed by atoms with Gasteiger partial charge in [-0.15, -0.1) is 11.8 Å². The second kappa shape index (κ2) is 6.19. The van der Waals surface area contributed by atoms with Crippen molar-refractivity contribution in [1.82, 2.24) is 4.98 Å². The number of anilines is 1. The molecule has 7 nitrogen and oxygen atoms in total. The molecule has 2 heterocycles. The molecule has 2 aromatic rings. The van der Waals surface area contributed by atoms with Crippen LogP contribution in [0.4, 0.5) is 5.69 Å². The number of hydrogen-bond acceptors (Lipinski definition) is 7. The fourth-order valence-electron chi connectivity index (χ4n) is 1.44. The summed E-state index contributed by atoms with van der Waals surface area (Å²) in [5.41, 5.74) is 0.295. The van der Waals surface area contributed by atoms with E-state index in [2.05, 4.69) is 14.4 Å². The summed E-state index contributed by atoms with van der Waals surface area (Å²) in [6, 6.07) is 5.68. The minimum Gasteiger partial charge on any atom is -0.463 e. The molecule has 0 radical (unpaired) electrons. The first-order valence-electron chi connectivity index (χ1n) is 5.67. The third-order valence-electron chi connectivity index (χ3n) is 2.43. The van der Waals surface area contributed by atoms with Crippen molar-refractivity contribution in [3.63, 3.8) is 0 Å². The number of nitrogens with one attached hydrogen (secondary N) is 1. The first-order chi connectivity index (χ1) is 9.96. The number of methoxy groups -OCH3 is 1. The predicted octanol–water partition coefficient (Wildman–Crippen LogP) is 1.98. The van der Waals surface area contributed by atoms with Crippen LogP contribution in [0.1, 0.15) is 10.6 Å². The normalized spacial score (nSPS) is 11.1. The minimum atomic E-state index is -3.93. The van der Waals surface area contributed by atoms with Crippen LogP contribution < -0.4 is 4.72 Å². The van der Waals surface area contributed by atoms with Gasteiger partial charge in [-0.1, -0.05) is 0 Å². The molecule has 0 spiro atoms. The van der Waals surface area contributed by atoms with E-state index in [-0.39, 0.29) is 10.9 Å². The largest absolute Gasteiger partial charge is 0.463 e. The molecule has 9 heteroatoms. The molecule has 2 aromatic heterocycles. The Bertz CT molecular complexity index is 737. The van der Waals surface area contributed by atoms with Gasteiger partial charge in [0.2, 0.25) is 10.9 Å². The maximum absolute atomic E-state index is 12.1. The molecule has 0 unspecified atom stereocenters. The van der Waals surface area contributed by atoms with Crippen molar-refractivity contribution in [2.45, 2.75) is 10.1 Å². The van der Waals surface area contributed by atoms with Gasteiger partial charge in [-0.2, -0.15) is 8.42 Å². The van der Waals surface area contributed by atoms with Crippen molar-refractivity contribution in [1.29, 1.82) is 0 Å². The van der Waals surface area contributed by atoms with Gasteiger partial charge in [-0.3, -0.25) is 4.72 Å². The molecule has 0 saturated carbocycles. The number of ether oxygens (including phenoxy) is 1. The van der Waals surface area contributed by atoms with E-state index < -0.39 is 16.0 Å². The molecule has 0 aromatic carbocycles. The summed E-state index contributed by atoms with van der Waals surface area (Å²) in [5, 5.41) is 0.390. The Morgan fingerprint density at radius 3 is 2.67 bits per heavy atom. The van der Waals surface area contributed by atoms with E-state index in [4.69, 9.17) is 4.42 Å². The summed E-state index contributed by atoms with van der Waals surface area (Å²) >= 11 is 1.44. The van der Waals surface area contributed by atoms with E-state index in [9.17, 15) is 13.2 Å². The number of rotatable bonds is 5. The lowest BCUT2D eigenvalue weighted by Gasteiger charge is -2.05. The van der Waals surface area contributed by atoms with Gasteiger partial charge in [0.25, 0.3) is 10.0 Å². The van der Waals surface area contributed by atoms with Crippen LogP contribution in [0.15, 0.2) is 45.0 Å². The summed E-state index contributed by atoms with van der Waals surface area (Å²) in [6.07, 6.45) is 3.26. The van der Waals surface area contributed by atoms with Crippen LogP contribution in [0.5, 0.6) is 0 Å². The molecular weight excluding hydrogens is 316 g/mol. The summed E-state index contributed by atoms with van der Waals surface area (Å²) in [7, 11) is -2.75. The fraction of sp³-hybridized carbons (Fsp3) is 0.167. The Hall–Kier alpha value is -2.00. The van der Waals surface area contributed by atoms with Crippen LogP contribution >= 0.6 is 11.8 Å². The molecule has 2 rings (SSSR count). The molecule has 0 aliphatic heterocycles. The Morgan fingerprint density at radius 2 is 2.10 bits per heavy atom. The zero-order valence-corrected chi connectivity index (χ0v) is 12.8. The number of nitrogens with zero attached hydrogens (tertiary/aromatic N) is 1. The second-order valence-corrected chi connectivity index (χ2v) is 6.24. The number of carbonyl (C=O) groups excluding carboxylic acids is 1. The van der Waals surface area contributed by atoms with Crippen molar-refractivity contribution in [3.8, 4) is 0 Å². The summed E-state index contributed by atoms with van der Waals surface area (Å²) in [4.78, 5) is 15.3. The average Bonchev–Trinajstić information content (AvgIpc) is 2.97. The van der Waals surface area contributed by atoms with Crippen LogP contribution in [0.3, 0.4) is 0 Å². The molecule has 0 amide bonds. The zero-order valence-electron chi connectivity index (χ0n) is 11.2. The van der Waals surface area contributed by atoms with Crippen LogP contribution in [0.2, 0.25) is 0 Å². The maximum atomic E-state index is 12.1. The van der Waals surface area contributed by atoms with E-state index in [0.717, 1.165) is 5.03 Å². The van der Waals surface area contributed by atoms with E-state index in [1.54, 1.807) is 12.1 Å². The Labute approximate surface area is 125 Å². The molecule has 0 fully saturated rings. The molecule has 21 heavy (non-hydrogen) atoms. The number of carbonyl (C=O) groups is 1. The lowest BCUT2D eigenvalue weighted by molar-refractivity contribution is 0.0559. The van der Waals surface area contributed by atoms with Gasteiger partial charge in [-0.05, 0) is 30.5 Å². The highest BCUT2D eigenvalue weighted by atomic mass is 32.2. The number of esters is 1. The zero-order chi connectivity index (χ0) is 15.5. The van der Waals surface area contributed by atoms with Gasteiger partial charge in [-0.25, -0.2) is 9.78 Å². The average molecular weight is 328 g/mol. The lowest BCUT2D eigenvalue weighted by atomic mass is 10.4. The first kappa shape index (κ1) is 15.4. The predicted molar refractivity (Wildman–Crippen MR) is 76.9 cm³/mol. The van der Waals surface area contributed by atoms with Crippen molar-refractivity contribution < 1.29 is 22.4 Å². The lowest BCUT2D eigenvalue weighted by Crippen LogP contribution is -2.12. The monoisotopic (exact) mass is 328 g/mol. The van der Waals surface area contributed by atoms with Crippen molar-refractivity contribution >= 4 is 33.4 Å². The standard InChI is InChI=1S/C12H12N2O5S2/c1-18-12(15)9-4-6-11(19-9)21(16,17)14-8-3-5-10(20-2)13-7-8/h3-7,14H,1-2H3. The molecule has 1 N–H and O–H groups in total. The highest BCUT2D eigenvalue weighted by Crippen LogP contribution is 2.20. The van der Waals surface area contributed by atoms with E-state index in [1.165, 1.54) is 37.2 Å². The molecule has 0 saturated heterocycles. The number of furan rings is 1. The topological polar surface area (TPSA) is 98.5 Å². The third-order valence-corrected chi connectivity index (χ3v) is 4.34. The molecule has 0 atom stereocenters. The maximum Gasteiger partial charge on any atom is 0.374 e. The Balaban J connectivity index is 2.21. The van der Waals surface area contributed by atoms with Crippen LogP contribution in [0, 0.1) is 0 Å². The van der Waals surface area contributed by atoms with Gasteiger partial charge < -0.3 is 9.15 Å². The smallest absolute Gasteiger partial charge is 0.374 e. The molecule has 0 bridgehead atoms. The number of thioether (sulfide) groups is 1. The van der Waals surface area contributed by atoms with E-state index in [0.29, 0.717) is 5.69 Å². The highest BCUT2D eigenvalue weighted by Gasteiger charge is 2.21. The number of pyridine rings is 1. The highest BCUT2D eigenvalue weighted by molar-refractivity contribution is 7.98. The Kier molecular flexibility index (Phi) is 4.53. The summed E-state index contributed by atoms with van der Waals surface area (Å²) in [6.45, 7) is 0. The molecular formula is C12H12N2O5S2.